The molecule has 1 fully saturated rings. The smallest absolute Gasteiger partial charge is 0.305 e. The second-order valence-electron chi connectivity index (χ2n) is 4.03. The molecule has 0 bridgehead atoms. The highest BCUT2D eigenvalue weighted by Crippen LogP contribution is 2.07. The lowest BCUT2D eigenvalue weighted by molar-refractivity contribution is -0.140. The Hall–Kier alpha value is -0.660. The van der Waals surface area contributed by atoms with Crippen LogP contribution in [0.15, 0.2) is 0 Å². The number of carbonyl (C=O) groups excluding carboxylic acids is 1. The molecule has 17 heavy (non-hydrogen) atoms. The van der Waals surface area contributed by atoms with Crippen molar-refractivity contribution in [1.82, 2.24) is 4.72 Å². The molecule has 1 N–H and O–H groups in total. The number of hydrogen-bond acceptors (Lipinski definition) is 5. The molecule has 7 heteroatoms. The van der Waals surface area contributed by atoms with Crippen LogP contribution in [0.5, 0.6) is 0 Å². The zero-order chi connectivity index (χ0) is 12.7. The molecule has 1 saturated heterocycles. The van der Waals surface area contributed by atoms with Crippen LogP contribution >= 0.6 is 0 Å². The normalized spacial score (nSPS) is 21.1. The molecule has 0 aliphatic carbocycles. The molecule has 1 atom stereocenters. The van der Waals surface area contributed by atoms with Crippen LogP contribution in [0.3, 0.4) is 0 Å². The van der Waals surface area contributed by atoms with E-state index < -0.39 is 10.0 Å². The van der Waals surface area contributed by atoms with Crippen LogP contribution in [0.4, 0.5) is 0 Å². The van der Waals surface area contributed by atoms with Crippen LogP contribution in [-0.4, -0.2) is 46.5 Å². The summed E-state index contributed by atoms with van der Waals surface area (Å²) in [6, 6.07) is -0.133. The molecule has 6 nitrogen and oxygen atoms in total. The third-order valence-electron chi connectivity index (χ3n) is 2.53. The van der Waals surface area contributed by atoms with Gasteiger partial charge in [0.05, 0.1) is 19.5 Å². The van der Waals surface area contributed by atoms with Gasteiger partial charge in [-0.2, -0.15) is 0 Å². The largest absolute Gasteiger partial charge is 0.469 e. The number of nitrogens with one attached hydrogen (secondary N) is 1. The Morgan fingerprint density at radius 2 is 2.29 bits per heavy atom. The van der Waals surface area contributed by atoms with Crippen molar-refractivity contribution in [3.05, 3.63) is 0 Å². The van der Waals surface area contributed by atoms with E-state index in [1.807, 2.05) is 0 Å². The second-order valence-corrected chi connectivity index (χ2v) is 5.90. The van der Waals surface area contributed by atoms with Gasteiger partial charge < -0.3 is 9.47 Å². The van der Waals surface area contributed by atoms with E-state index in [2.05, 4.69) is 9.46 Å². The van der Waals surface area contributed by atoms with Crippen LogP contribution in [0.1, 0.15) is 25.7 Å². The summed E-state index contributed by atoms with van der Waals surface area (Å²) in [5.41, 5.74) is 0. The molecule has 1 unspecified atom stereocenters. The van der Waals surface area contributed by atoms with Gasteiger partial charge in [0.1, 0.15) is 0 Å². The first kappa shape index (κ1) is 14.4. The summed E-state index contributed by atoms with van der Waals surface area (Å²) in [6.45, 7) is 1.12. The molecule has 1 aliphatic heterocycles. The molecular weight excluding hydrogens is 246 g/mol. The van der Waals surface area contributed by atoms with Crippen LogP contribution in [0, 0.1) is 0 Å². The van der Waals surface area contributed by atoms with E-state index >= 15 is 0 Å². The van der Waals surface area contributed by atoms with Crippen molar-refractivity contribution in [1.29, 1.82) is 0 Å². The predicted octanol–water partition coefficient (Wildman–Crippen LogP) is 0.0380. The van der Waals surface area contributed by atoms with E-state index in [-0.39, 0.29) is 30.6 Å². The maximum absolute atomic E-state index is 11.6. The molecule has 1 heterocycles. The summed E-state index contributed by atoms with van der Waals surface area (Å²) < 4.78 is 35.5. The summed E-state index contributed by atoms with van der Waals surface area (Å²) in [6.07, 6.45) is 2.07. The summed E-state index contributed by atoms with van der Waals surface area (Å²) in [5.74, 6) is -0.445. The van der Waals surface area contributed by atoms with Gasteiger partial charge in [-0.05, 0) is 19.3 Å². The zero-order valence-electron chi connectivity index (χ0n) is 9.98. The number of methoxy groups -OCH3 is 1. The fourth-order valence-corrected chi connectivity index (χ4v) is 2.99. The molecule has 0 aromatic rings. The van der Waals surface area contributed by atoms with Crippen molar-refractivity contribution >= 4 is 16.0 Å². The molecular formula is C10H19NO5S. The van der Waals surface area contributed by atoms with Gasteiger partial charge in [-0.15, -0.1) is 0 Å². The van der Waals surface area contributed by atoms with Crippen molar-refractivity contribution in [2.75, 3.05) is 26.1 Å². The molecule has 0 aromatic heterocycles. The third-order valence-corrected chi connectivity index (χ3v) is 4.05. The maximum atomic E-state index is 11.6. The van der Waals surface area contributed by atoms with E-state index in [0.717, 1.165) is 12.8 Å². The van der Waals surface area contributed by atoms with E-state index in [1.165, 1.54) is 7.11 Å². The summed E-state index contributed by atoms with van der Waals surface area (Å²) in [5, 5.41) is 0. The Bertz CT molecular complexity index is 335. The average Bonchev–Trinajstić information content (AvgIpc) is 2.29. The molecule has 1 rings (SSSR count). The maximum Gasteiger partial charge on any atom is 0.305 e. The van der Waals surface area contributed by atoms with Gasteiger partial charge in [0.15, 0.2) is 0 Å². The van der Waals surface area contributed by atoms with Gasteiger partial charge in [-0.3, -0.25) is 4.79 Å². The van der Waals surface area contributed by atoms with E-state index in [4.69, 9.17) is 4.74 Å². The lowest BCUT2D eigenvalue weighted by atomic mass is 10.1. The van der Waals surface area contributed by atoms with Crippen molar-refractivity contribution in [3.8, 4) is 0 Å². The quantitative estimate of drug-likeness (QED) is 0.686. The SMILES string of the molecule is COC(=O)CCCS(=O)(=O)NC1CCCOC1. The highest BCUT2D eigenvalue weighted by Gasteiger charge is 2.20. The van der Waals surface area contributed by atoms with Gasteiger partial charge in [-0.25, -0.2) is 13.1 Å². The number of carbonyl (C=O) groups is 1. The van der Waals surface area contributed by atoms with Gasteiger partial charge in [0.25, 0.3) is 0 Å². The fourth-order valence-electron chi connectivity index (χ4n) is 1.66. The fraction of sp³-hybridized carbons (Fsp3) is 0.900. The lowest BCUT2D eigenvalue weighted by Crippen LogP contribution is -2.41. The molecule has 0 spiro atoms. The molecule has 0 saturated carbocycles. The van der Waals surface area contributed by atoms with Gasteiger partial charge in [-0.1, -0.05) is 0 Å². The predicted molar refractivity (Wildman–Crippen MR) is 62.0 cm³/mol. The van der Waals surface area contributed by atoms with Crippen LogP contribution in [0.25, 0.3) is 0 Å². The average molecular weight is 265 g/mol. The first-order valence-electron chi connectivity index (χ1n) is 5.68. The van der Waals surface area contributed by atoms with E-state index in [0.29, 0.717) is 13.2 Å². The third kappa shape index (κ3) is 5.99. The minimum Gasteiger partial charge on any atom is -0.469 e. The van der Waals surface area contributed by atoms with Crippen molar-refractivity contribution in [3.63, 3.8) is 0 Å². The second kappa shape index (κ2) is 6.93. The van der Waals surface area contributed by atoms with E-state index in [1.54, 1.807) is 0 Å². The molecule has 0 amide bonds. The van der Waals surface area contributed by atoms with Gasteiger partial charge in [0, 0.05) is 19.1 Å². The molecule has 0 aromatic carbocycles. The summed E-state index contributed by atoms with van der Waals surface area (Å²) in [4.78, 5) is 10.8. The lowest BCUT2D eigenvalue weighted by Gasteiger charge is -2.22. The Morgan fingerprint density at radius 1 is 1.53 bits per heavy atom. The van der Waals surface area contributed by atoms with Gasteiger partial charge in [0.2, 0.25) is 10.0 Å². The molecule has 100 valence electrons. The van der Waals surface area contributed by atoms with E-state index in [9.17, 15) is 13.2 Å². The molecule has 1 aliphatic rings. The first-order valence-corrected chi connectivity index (χ1v) is 7.33. The topological polar surface area (TPSA) is 81.7 Å². The Kier molecular flexibility index (Phi) is 5.87. The summed E-state index contributed by atoms with van der Waals surface area (Å²) >= 11 is 0. The van der Waals surface area contributed by atoms with Crippen LogP contribution < -0.4 is 4.72 Å². The summed E-state index contributed by atoms with van der Waals surface area (Å²) in [7, 11) is -2.04. The van der Waals surface area contributed by atoms with Crippen LogP contribution in [0.2, 0.25) is 0 Å². The molecule has 0 radical (unpaired) electrons. The highest BCUT2D eigenvalue weighted by atomic mass is 32.2. The Morgan fingerprint density at radius 3 is 2.88 bits per heavy atom. The zero-order valence-corrected chi connectivity index (χ0v) is 10.8. The number of rotatable bonds is 6. The van der Waals surface area contributed by atoms with Crippen molar-refractivity contribution in [2.45, 2.75) is 31.7 Å². The minimum absolute atomic E-state index is 0.0569. The van der Waals surface area contributed by atoms with Crippen molar-refractivity contribution in [2.24, 2.45) is 0 Å². The van der Waals surface area contributed by atoms with Crippen molar-refractivity contribution < 1.29 is 22.7 Å². The number of esters is 1. The highest BCUT2D eigenvalue weighted by molar-refractivity contribution is 7.89. The minimum atomic E-state index is -3.32. The first-order chi connectivity index (χ1) is 8.03. The van der Waals surface area contributed by atoms with Crippen LogP contribution in [-0.2, 0) is 24.3 Å². The monoisotopic (exact) mass is 265 g/mol. The Labute approximate surface area is 102 Å². The standard InChI is InChI=1S/C10H19NO5S/c1-15-10(12)5-3-7-17(13,14)11-9-4-2-6-16-8-9/h9,11H,2-8H2,1H3. The number of hydrogen-bond donors (Lipinski definition) is 1. The number of sulfonamides is 1. The number of ether oxygens (including phenoxy) is 2. The Balaban J connectivity index is 2.27. The van der Waals surface area contributed by atoms with Gasteiger partial charge >= 0.3 is 5.97 Å².